The molecule has 1 fully saturated rings. The number of rotatable bonds is 4. The quantitative estimate of drug-likeness (QED) is 0.589. The maximum Gasteiger partial charge on any atom is 0.409 e. The lowest BCUT2D eigenvalue weighted by molar-refractivity contribution is -0.153. The summed E-state index contributed by atoms with van der Waals surface area (Å²) in [7, 11) is 0. The van der Waals surface area contributed by atoms with Crippen LogP contribution < -0.4 is 5.32 Å². The van der Waals surface area contributed by atoms with Gasteiger partial charge in [0.05, 0.1) is 13.2 Å². The lowest BCUT2D eigenvalue weighted by atomic mass is 9.90. The molecule has 162 valence electrons. The standard InChI is InChI=1S/C21H28N4O5/c1-4-29-19(27)16-17(15-8-6-7-14(3)13-15)22-20(23-18(16)26)24-9-11-25(12-10-24)21(28)30-5-2/h6-8,13,16-17H,4-5,9-12H2,1-3H3,(H,22,23,26)/t16-,17+/m0/s1. The Hall–Kier alpha value is -3.10. The molecule has 9 nitrogen and oxygen atoms in total. The van der Waals surface area contributed by atoms with Crippen LogP contribution in [0.3, 0.4) is 0 Å². The van der Waals surface area contributed by atoms with E-state index in [0.717, 1.165) is 11.1 Å². The van der Waals surface area contributed by atoms with Crippen LogP contribution in [0.4, 0.5) is 4.79 Å². The van der Waals surface area contributed by atoms with Crippen LogP contribution in [-0.2, 0) is 19.1 Å². The molecule has 1 N–H and O–H groups in total. The Morgan fingerprint density at radius 1 is 1.13 bits per heavy atom. The van der Waals surface area contributed by atoms with Crippen LogP contribution in [0.15, 0.2) is 29.3 Å². The molecule has 0 aliphatic carbocycles. The third-order valence-corrected chi connectivity index (χ3v) is 5.12. The Labute approximate surface area is 176 Å². The fourth-order valence-corrected chi connectivity index (χ4v) is 3.64. The van der Waals surface area contributed by atoms with E-state index < -0.39 is 23.8 Å². The molecule has 3 rings (SSSR count). The second kappa shape index (κ2) is 9.60. The normalized spacial score (nSPS) is 21.6. The zero-order valence-electron chi connectivity index (χ0n) is 17.6. The van der Waals surface area contributed by atoms with Gasteiger partial charge in [0, 0.05) is 26.2 Å². The van der Waals surface area contributed by atoms with Gasteiger partial charge in [-0.2, -0.15) is 0 Å². The van der Waals surface area contributed by atoms with E-state index in [-0.39, 0.29) is 12.7 Å². The van der Waals surface area contributed by atoms with Crippen molar-refractivity contribution in [2.45, 2.75) is 26.8 Å². The fourth-order valence-electron chi connectivity index (χ4n) is 3.64. The molecule has 2 heterocycles. The zero-order valence-corrected chi connectivity index (χ0v) is 17.6. The fraction of sp³-hybridized carbons (Fsp3) is 0.524. The number of carbonyl (C=O) groups is 3. The summed E-state index contributed by atoms with van der Waals surface area (Å²) in [6.45, 7) is 7.87. The van der Waals surface area contributed by atoms with Gasteiger partial charge in [0.15, 0.2) is 5.92 Å². The molecule has 0 spiro atoms. The number of nitrogens with one attached hydrogen (secondary N) is 1. The second-order valence-corrected chi connectivity index (χ2v) is 7.20. The van der Waals surface area contributed by atoms with Crippen LogP contribution in [0.5, 0.6) is 0 Å². The topological polar surface area (TPSA) is 101 Å². The SMILES string of the molecule is CCOC(=O)[C@@H]1C(=O)NC(N2CCN(C(=O)OCC)CC2)=N[C@@H]1c1cccc(C)c1. The first kappa shape index (κ1) is 21.6. The molecular formula is C21H28N4O5. The van der Waals surface area contributed by atoms with E-state index in [1.54, 1.807) is 18.7 Å². The largest absolute Gasteiger partial charge is 0.465 e. The van der Waals surface area contributed by atoms with Gasteiger partial charge in [-0.3, -0.25) is 14.9 Å². The minimum atomic E-state index is -1.05. The van der Waals surface area contributed by atoms with Crippen molar-refractivity contribution in [1.29, 1.82) is 0 Å². The molecule has 2 aliphatic rings. The summed E-state index contributed by atoms with van der Waals surface area (Å²) in [5.41, 5.74) is 1.80. The smallest absolute Gasteiger partial charge is 0.409 e. The minimum Gasteiger partial charge on any atom is -0.465 e. The van der Waals surface area contributed by atoms with Crippen LogP contribution in [0.1, 0.15) is 31.0 Å². The number of ether oxygens (including phenoxy) is 2. The number of aliphatic imine (C=N–C) groups is 1. The van der Waals surface area contributed by atoms with Crippen LogP contribution in [0, 0.1) is 12.8 Å². The van der Waals surface area contributed by atoms with Crippen molar-refractivity contribution in [3.05, 3.63) is 35.4 Å². The number of aryl methyl sites for hydroxylation is 1. The van der Waals surface area contributed by atoms with Crippen molar-refractivity contribution >= 4 is 23.9 Å². The van der Waals surface area contributed by atoms with E-state index in [1.807, 2.05) is 36.1 Å². The third kappa shape index (κ3) is 4.72. The molecule has 0 saturated carbocycles. The number of piperazine rings is 1. The van der Waals surface area contributed by atoms with Crippen molar-refractivity contribution in [2.24, 2.45) is 10.9 Å². The van der Waals surface area contributed by atoms with Crippen molar-refractivity contribution in [1.82, 2.24) is 15.1 Å². The number of amides is 2. The van der Waals surface area contributed by atoms with E-state index in [9.17, 15) is 14.4 Å². The summed E-state index contributed by atoms with van der Waals surface area (Å²) >= 11 is 0. The van der Waals surface area contributed by atoms with Crippen molar-refractivity contribution in [2.75, 3.05) is 39.4 Å². The Balaban J connectivity index is 1.83. The molecule has 0 aromatic heterocycles. The maximum absolute atomic E-state index is 12.9. The number of guanidine groups is 1. The van der Waals surface area contributed by atoms with Gasteiger partial charge < -0.3 is 19.3 Å². The molecule has 0 radical (unpaired) electrons. The lowest BCUT2D eigenvalue weighted by Gasteiger charge is -2.38. The summed E-state index contributed by atoms with van der Waals surface area (Å²) in [6, 6.07) is 6.95. The summed E-state index contributed by atoms with van der Waals surface area (Å²) in [4.78, 5) is 45.6. The van der Waals surface area contributed by atoms with Gasteiger partial charge >= 0.3 is 12.1 Å². The van der Waals surface area contributed by atoms with Crippen LogP contribution in [-0.4, -0.2) is 73.1 Å². The number of hydrogen-bond donors (Lipinski definition) is 1. The highest BCUT2D eigenvalue weighted by Gasteiger charge is 2.42. The number of esters is 1. The van der Waals surface area contributed by atoms with Crippen LogP contribution in [0.2, 0.25) is 0 Å². The summed E-state index contributed by atoms with van der Waals surface area (Å²) < 4.78 is 10.2. The lowest BCUT2D eigenvalue weighted by Crippen LogP contribution is -2.58. The van der Waals surface area contributed by atoms with E-state index in [2.05, 4.69) is 5.32 Å². The highest BCUT2D eigenvalue weighted by molar-refractivity contribution is 6.08. The average Bonchev–Trinajstić information content (AvgIpc) is 2.73. The first-order valence-electron chi connectivity index (χ1n) is 10.2. The second-order valence-electron chi connectivity index (χ2n) is 7.20. The maximum atomic E-state index is 12.9. The zero-order chi connectivity index (χ0) is 21.7. The van der Waals surface area contributed by atoms with Crippen molar-refractivity contribution in [3.63, 3.8) is 0 Å². The minimum absolute atomic E-state index is 0.190. The monoisotopic (exact) mass is 416 g/mol. The molecule has 0 bridgehead atoms. The third-order valence-electron chi connectivity index (χ3n) is 5.12. The highest BCUT2D eigenvalue weighted by atomic mass is 16.6. The number of benzene rings is 1. The van der Waals surface area contributed by atoms with Crippen molar-refractivity contribution < 1.29 is 23.9 Å². The Bertz CT molecular complexity index is 832. The molecule has 2 amide bonds. The van der Waals surface area contributed by atoms with Gasteiger partial charge in [-0.1, -0.05) is 29.8 Å². The first-order chi connectivity index (χ1) is 14.4. The van der Waals surface area contributed by atoms with Gasteiger partial charge in [-0.05, 0) is 26.3 Å². The first-order valence-corrected chi connectivity index (χ1v) is 10.2. The molecule has 2 aliphatic heterocycles. The summed E-state index contributed by atoms with van der Waals surface area (Å²) in [6.07, 6.45) is -0.341. The number of hydrogen-bond acceptors (Lipinski definition) is 7. The molecule has 30 heavy (non-hydrogen) atoms. The molecule has 1 saturated heterocycles. The van der Waals surface area contributed by atoms with E-state index >= 15 is 0 Å². The van der Waals surface area contributed by atoms with Crippen molar-refractivity contribution in [3.8, 4) is 0 Å². The van der Waals surface area contributed by atoms with Crippen LogP contribution >= 0.6 is 0 Å². The Morgan fingerprint density at radius 2 is 1.83 bits per heavy atom. The van der Waals surface area contributed by atoms with E-state index in [0.29, 0.717) is 38.7 Å². The molecule has 2 atom stereocenters. The Morgan fingerprint density at radius 3 is 2.47 bits per heavy atom. The molecule has 1 aromatic carbocycles. The predicted molar refractivity (Wildman–Crippen MR) is 110 cm³/mol. The van der Waals surface area contributed by atoms with E-state index in [1.165, 1.54) is 0 Å². The van der Waals surface area contributed by atoms with Gasteiger partial charge in [-0.25, -0.2) is 9.79 Å². The number of carbonyl (C=O) groups excluding carboxylic acids is 3. The van der Waals surface area contributed by atoms with Gasteiger partial charge in [-0.15, -0.1) is 0 Å². The summed E-state index contributed by atoms with van der Waals surface area (Å²) in [5.74, 6) is -1.65. The Kier molecular flexibility index (Phi) is 6.91. The molecule has 1 aromatic rings. The molecule has 9 heteroatoms. The van der Waals surface area contributed by atoms with Gasteiger partial charge in [0.2, 0.25) is 11.9 Å². The van der Waals surface area contributed by atoms with Crippen LogP contribution in [0.25, 0.3) is 0 Å². The van der Waals surface area contributed by atoms with Gasteiger partial charge in [0.1, 0.15) is 6.04 Å². The molecule has 0 unspecified atom stereocenters. The van der Waals surface area contributed by atoms with E-state index in [4.69, 9.17) is 14.5 Å². The predicted octanol–water partition coefficient (Wildman–Crippen LogP) is 1.48. The summed E-state index contributed by atoms with van der Waals surface area (Å²) in [5, 5.41) is 2.76. The molecular weight excluding hydrogens is 388 g/mol. The van der Waals surface area contributed by atoms with Gasteiger partial charge in [0.25, 0.3) is 0 Å². The highest BCUT2D eigenvalue weighted by Crippen LogP contribution is 2.31. The number of nitrogens with zero attached hydrogens (tertiary/aromatic N) is 3. The average molecular weight is 416 g/mol.